The first-order chi connectivity index (χ1) is 9.41. The molecule has 2 fully saturated rings. The van der Waals surface area contributed by atoms with E-state index < -0.39 is 0 Å². The van der Waals surface area contributed by atoms with Crippen LogP contribution in [0.3, 0.4) is 0 Å². The lowest BCUT2D eigenvalue weighted by molar-refractivity contribution is -0.0666. The van der Waals surface area contributed by atoms with Crippen LogP contribution in [-0.4, -0.2) is 47.3 Å². The Hall–Kier alpha value is -1.36. The number of aromatic amines is 1. The maximum Gasteiger partial charge on any atom is 0.257 e. The zero-order valence-electron chi connectivity index (χ0n) is 12.5. The molecule has 3 rings (SSSR count). The van der Waals surface area contributed by atoms with Gasteiger partial charge in [0.05, 0.1) is 17.5 Å². The van der Waals surface area contributed by atoms with Gasteiger partial charge in [0.25, 0.3) is 5.91 Å². The summed E-state index contributed by atoms with van der Waals surface area (Å²) in [7, 11) is 0. The van der Waals surface area contributed by atoms with Crippen molar-refractivity contribution in [2.45, 2.75) is 39.0 Å². The molecule has 1 N–H and O–H groups in total. The highest BCUT2D eigenvalue weighted by Gasteiger charge is 2.46. The van der Waals surface area contributed by atoms with Crippen LogP contribution in [0.2, 0.25) is 0 Å². The molecule has 110 valence electrons. The first kappa shape index (κ1) is 13.6. The number of likely N-dealkylation sites (tertiary alicyclic amines) is 1. The van der Waals surface area contributed by atoms with Crippen molar-refractivity contribution in [2.24, 2.45) is 5.41 Å². The summed E-state index contributed by atoms with van der Waals surface area (Å²) in [5, 5.41) is 7.05. The summed E-state index contributed by atoms with van der Waals surface area (Å²) in [6.07, 6.45) is 3.82. The lowest BCUT2D eigenvalue weighted by Crippen LogP contribution is -2.60. The Morgan fingerprint density at radius 2 is 2.00 bits per heavy atom. The first-order valence-electron chi connectivity index (χ1n) is 7.32. The molecule has 2 aliphatic rings. The molecule has 1 amide bonds. The Balaban J connectivity index is 1.71. The molecule has 1 aromatic heterocycles. The Morgan fingerprint density at radius 1 is 1.35 bits per heavy atom. The average Bonchev–Trinajstić information content (AvgIpc) is 2.85. The Morgan fingerprint density at radius 3 is 2.60 bits per heavy atom. The molecule has 0 atom stereocenters. The second-order valence-electron chi connectivity index (χ2n) is 7.18. The summed E-state index contributed by atoms with van der Waals surface area (Å²) >= 11 is 0. The number of hydrogen-bond donors (Lipinski definition) is 1. The molecule has 0 aliphatic carbocycles. The molecule has 5 heteroatoms. The summed E-state index contributed by atoms with van der Waals surface area (Å²) in [5.41, 5.74) is 1.87. The summed E-state index contributed by atoms with van der Waals surface area (Å²) in [6.45, 7) is 9.67. The number of hydrogen-bond acceptors (Lipinski definition) is 3. The van der Waals surface area contributed by atoms with E-state index in [2.05, 4.69) is 31.0 Å². The van der Waals surface area contributed by atoms with E-state index in [0.29, 0.717) is 5.41 Å². The van der Waals surface area contributed by atoms with Crippen molar-refractivity contribution in [3.63, 3.8) is 0 Å². The average molecular weight is 277 g/mol. The van der Waals surface area contributed by atoms with Gasteiger partial charge in [-0.05, 0) is 12.8 Å². The molecule has 20 heavy (non-hydrogen) atoms. The van der Waals surface area contributed by atoms with Crippen molar-refractivity contribution in [3.8, 4) is 0 Å². The second-order valence-corrected chi connectivity index (χ2v) is 7.18. The Labute approximate surface area is 119 Å². The third-order valence-corrected chi connectivity index (χ3v) is 4.51. The molecular weight excluding hydrogens is 254 g/mol. The third kappa shape index (κ3) is 2.24. The zero-order chi connectivity index (χ0) is 14.4. The van der Waals surface area contributed by atoms with Crippen molar-refractivity contribution >= 4 is 5.91 Å². The van der Waals surface area contributed by atoms with Gasteiger partial charge >= 0.3 is 0 Å². The molecule has 0 aromatic carbocycles. The molecule has 1 aromatic rings. The van der Waals surface area contributed by atoms with Gasteiger partial charge in [-0.25, -0.2) is 0 Å². The SMILES string of the molecule is CC(C)(C)c1[nH]ncc1C(=O)N1CC2(CCOCC2)C1. The lowest BCUT2D eigenvalue weighted by Gasteiger charge is -2.52. The van der Waals surface area contributed by atoms with Crippen LogP contribution in [0.5, 0.6) is 0 Å². The molecule has 3 heterocycles. The van der Waals surface area contributed by atoms with Crippen molar-refractivity contribution in [1.82, 2.24) is 15.1 Å². The summed E-state index contributed by atoms with van der Waals surface area (Å²) < 4.78 is 5.41. The number of nitrogens with one attached hydrogen (secondary N) is 1. The van der Waals surface area contributed by atoms with Gasteiger partial charge in [-0.3, -0.25) is 9.89 Å². The van der Waals surface area contributed by atoms with Crippen molar-refractivity contribution in [3.05, 3.63) is 17.5 Å². The van der Waals surface area contributed by atoms with E-state index in [1.165, 1.54) is 0 Å². The smallest absolute Gasteiger partial charge is 0.257 e. The van der Waals surface area contributed by atoms with Crippen LogP contribution >= 0.6 is 0 Å². The molecular formula is C15H23N3O2. The van der Waals surface area contributed by atoms with Gasteiger partial charge in [0.2, 0.25) is 0 Å². The minimum atomic E-state index is -0.0945. The minimum absolute atomic E-state index is 0.0945. The summed E-state index contributed by atoms with van der Waals surface area (Å²) in [5.74, 6) is 0.112. The fraction of sp³-hybridized carbons (Fsp3) is 0.733. The normalized spacial score (nSPS) is 21.9. The van der Waals surface area contributed by atoms with E-state index in [4.69, 9.17) is 4.74 Å². The maximum atomic E-state index is 12.6. The summed E-state index contributed by atoms with van der Waals surface area (Å²) in [4.78, 5) is 14.6. The topological polar surface area (TPSA) is 58.2 Å². The van der Waals surface area contributed by atoms with Gasteiger partial charge in [0.15, 0.2) is 0 Å². The minimum Gasteiger partial charge on any atom is -0.381 e. The van der Waals surface area contributed by atoms with E-state index in [1.807, 2.05) is 4.90 Å². The van der Waals surface area contributed by atoms with E-state index in [1.54, 1.807) is 6.20 Å². The highest BCUT2D eigenvalue weighted by molar-refractivity contribution is 5.96. The predicted molar refractivity (Wildman–Crippen MR) is 75.7 cm³/mol. The fourth-order valence-corrected chi connectivity index (χ4v) is 3.22. The fourth-order valence-electron chi connectivity index (χ4n) is 3.22. The highest BCUT2D eigenvalue weighted by Crippen LogP contribution is 2.40. The van der Waals surface area contributed by atoms with Gasteiger partial charge in [-0.1, -0.05) is 20.8 Å². The maximum absolute atomic E-state index is 12.6. The highest BCUT2D eigenvalue weighted by atomic mass is 16.5. The first-order valence-corrected chi connectivity index (χ1v) is 7.32. The molecule has 0 bridgehead atoms. The molecule has 0 unspecified atom stereocenters. The lowest BCUT2D eigenvalue weighted by atomic mass is 9.73. The van der Waals surface area contributed by atoms with Crippen molar-refractivity contribution in [2.75, 3.05) is 26.3 Å². The third-order valence-electron chi connectivity index (χ3n) is 4.51. The number of aromatic nitrogens is 2. The largest absolute Gasteiger partial charge is 0.381 e. The molecule has 5 nitrogen and oxygen atoms in total. The summed E-state index contributed by atoms with van der Waals surface area (Å²) in [6, 6.07) is 0. The van der Waals surface area contributed by atoms with Crippen LogP contribution < -0.4 is 0 Å². The number of ether oxygens (including phenoxy) is 1. The second kappa shape index (κ2) is 4.58. The Kier molecular flexibility index (Phi) is 3.12. The van der Waals surface area contributed by atoms with Crippen LogP contribution in [-0.2, 0) is 10.2 Å². The molecule has 0 radical (unpaired) electrons. The predicted octanol–water partition coefficient (Wildman–Crippen LogP) is 1.96. The quantitative estimate of drug-likeness (QED) is 0.853. The van der Waals surface area contributed by atoms with Crippen LogP contribution in [0.15, 0.2) is 6.20 Å². The number of carbonyl (C=O) groups is 1. The van der Waals surface area contributed by atoms with Crippen molar-refractivity contribution < 1.29 is 9.53 Å². The van der Waals surface area contributed by atoms with E-state index in [-0.39, 0.29) is 11.3 Å². The van der Waals surface area contributed by atoms with Gasteiger partial charge in [-0.2, -0.15) is 5.10 Å². The van der Waals surface area contributed by atoms with E-state index in [0.717, 1.165) is 50.4 Å². The zero-order valence-corrected chi connectivity index (χ0v) is 12.5. The van der Waals surface area contributed by atoms with E-state index >= 15 is 0 Å². The number of nitrogens with zero attached hydrogens (tertiary/aromatic N) is 2. The van der Waals surface area contributed by atoms with Crippen LogP contribution in [0.4, 0.5) is 0 Å². The van der Waals surface area contributed by atoms with Crippen molar-refractivity contribution in [1.29, 1.82) is 0 Å². The van der Waals surface area contributed by atoms with Crippen LogP contribution in [0.25, 0.3) is 0 Å². The Bertz CT molecular complexity index is 501. The standard InChI is InChI=1S/C15H23N3O2/c1-14(2,3)12-11(8-16-17-12)13(19)18-9-15(10-18)4-6-20-7-5-15/h8H,4-7,9-10H2,1-3H3,(H,16,17). The van der Waals surface area contributed by atoms with Crippen LogP contribution in [0.1, 0.15) is 49.7 Å². The van der Waals surface area contributed by atoms with Crippen LogP contribution in [0, 0.1) is 5.41 Å². The number of rotatable bonds is 1. The van der Waals surface area contributed by atoms with Gasteiger partial charge in [-0.15, -0.1) is 0 Å². The number of H-pyrrole nitrogens is 1. The molecule has 0 saturated carbocycles. The van der Waals surface area contributed by atoms with Gasteiger partial charge in [0.1, 0.15) is 0 Å². The monoisotopic (exact) mass is 277 g/mol. The molecule has 2 aliphatic heterocycles. The van der Waals surface area contributed by atoms with Gasteiger partial charge < -0.3 is 9.64 Å². The van der Waals surface area contributed by atoms with Gasteiger partial charge in [0, 0.05) is 37.1 Å². The molecule has 2 saturated heterocycles. The molecule has 1 spiro atoms. The van der Waals surface area contributed by atoms with E-state index in [9.17, 15) is 4.79 Å². The number of carbonyl (C=O) groups excluding carboxylic acids is 1. The number of amides is 1.